The van der Waals surface area contributed by atoms with Crippen LogP contribution in [0.1, 0.15) is 11.1 Å². The fourth-order valence-corrected chi connectivity index (χ4v) is 4.51. The molecule has 0 saturated heterocycles. The number of nitriles is 1. The number of fused-ring (bicyclic) bond motifs is 2. The smallest absolute Gasteiger partial charge is 0.151 e. The predicted octanol–water partition coefficient (Wildman–Crippen LogP) is 4.71. The van der Waals surface area contributed by atoms with Crippen LogP contribution >= 0.6 is 23.1 Å². The Morgan fingerprint density at radius 3 is 2.91 bits per heavy atom. The van der Waals surface area contributed by atoms with E-state index in [1.807, 2.05) is 53.2 Å². The van der Waals surface area contributed by atoms with Crippen LogP contribution in [-0.4, -0.2) is 9.38 Å². The number of nitrogens with zero attached hydrogens (tertiary/aromatic N) is 3. The van der Waals surface area contributed by atoms with E-state index in [0.717, 1.165) is 32.3 Å². The molecule has 0 saturated carbocycles. The van der Waals surface area contributed by atoms with Gasteiger partial charge >= 0.3 is 0 Å². The number of rotatable bonds is 3. The van der Waals surface area contributed by atoms with Gasteiger partial charge in [-0.05, 0) is 29.8 Å². The van der Waals surface area contributed by atoms with Crippen molar-refractivity contribution in [3.8, 4) is 6.07 Å². The molecule has 4 rings (SSSR count). The van der Waals surface area contributed by atoms with Crippen LogP contribution in [0.5, 0.6) is 0 Å². The minimum atomic E-state index is 0.754. The van der Waals surface area contributed by atoms with E-state index < -0.39 is 0 Å². The van der Waals surface area contributed by atoms with Crippen molar-refractivity contribution >= 4 is 38.8 Å². The van der Waals surface area contributed by atoms with E-state index in [1.165, 1.54) is 4.70 Å². The highest BCUT2D eigenvalue weighted by Crippen LogP contribution is 2.32. The molecule has 0 bridgehead atoms. The molecule has 22 heavy (non-hydrogen) atoms. The van der Waals surface area contributed by atoms with E-state index in [2.05, 4.69) is 17.1 Å². The first kappa shape index (κ1) is 13.4. The molecule has 4 aromatic rings. The summed E-state index contributed by atoms with van der Waals surface area (Å²) in [6.07, 6.45) is 4.01. The summed E-state index contributed by atoms with van der Waals surface area (Å²) < 4.78 is 4.25. The van der Waals surface area contributed by atoms with Gasteiger partial charge < -0.3 is 4.40 Å². The Balaban J connectivity index is 1.65. The number of benzene rings is 1. The Hall–Kier alpha value is -2.29. The van der Waals surface area contributed by atoms with Gasteiger partial charge in [0.1, 0.15) is 6.07 Å². The molecule has 0 amide bonds. The van der Waals surface area contributed by atoms with Gasteiger partial charge in [0.25, 0.3) is 0 Å². The van der Waals surface area contributed by atoms with E-state index in [-0.39, 0.29) is 0 Å². The number of thiazole rings is 1. The minimum absolute atomic E-state index is 0.754. The Morgan fingerprint density at radius 2 is 2.05 bits per heavy atom. The van der Waals surface area contributed by atoms with Crippen LogP contribution in [0.25, 0.3) is 15.7 Å². The molecule has 0 atom stereocenters. The van der Waals surface area contributed by atoms with Gasteiger partial charge in [0.2, 0.25) is 0 Å². The molecule has 0 aliphatic heterocycles. The maximum Gasteiger partial charge on any atom is 0.151 e. The van der Waals surface area contributed by atoms with Crippen molar-refractivity contribution in [1.29, 1.82) is 5.26 Å². The molecule has 3 heterocycles. The topological polar surface area (TPSA) is 41.1 Å². The van der Waals surface area contributed by atoms with Gasteiger partial charge in [-0.2, -0.15) is 5.26 Å². The number of aromatic nitrogens is 2. The van der Waals surface area contributed by atoms with Crippen LogP contribution < -0.4 is 0 Å². The Bertz CT molecular complexity index is 975. The second-order valence-electron chi connectivity index (χ2n) is 4.87. The second kappa shape index (κ2) is 5.48. The summed E-state index contributed by atoms with van der Waals surface area (Å²) >= 11 is 3.39. The third kappa shape index (κ3) is 2.27. The average Bonchev–Trinajstić information content (AvgIpc) is 3.12. The number of hydrogen-bond acceptors (Lipinski definition) is 4. The molecule has 3 nitrogen and oxygen atoms in total. The minimum Gasteiger partial charge on any atom is -0.322 e. The molecular weight excluding hydrogens is 310 g/mol. The molecule has 0 aliphatic carbocycles. The van der Waals surface area contributed by atoms with E-state index in [1.54, 1.807) is 23.1 Å². The van der Waals surface area contributed by atoms with Gasteiger partial charge in [0.05, 0.1) is 21.3 Å². The van der Waals surface area contributed by atoms with Crippen molar-refractivity contribution in [3.05, 3.63) is 66.0 Å². The summed E-state index contributed by atoms with van der Waals surface area (Å²) in [5.41, 5.74) is 3.81. The quantitative estimate of drug-likeness (QED) is 0.513. The molecule has 0 aliphatic rings. The highest BCUT2D eigenvalue weighted by Gasteiger charge is 2.11. The van der Waals surface area contributed by atoms with Gasteiger partial charge in [-0.25, -0.2) is 4.98 Å². The molecule has 1 aromatic carbocycles. The molecule has 0 radical (unpaired) electrons. The van der Waals surface area contributed by atoms with Crippen LogP contribution in [0.3, 0.4) is 0 Å². The molecule has 5 heteroatoms. The molecule has 0 unspecified atom stereocenters. The van der Waals surface area contributed by atoms with Crippen molar-refractivity contribution < 1.29 is 0 Å². The number of thioether (sulfide) groups is 1. The van der Waals surface area contributed by atoms with Crippen molar-refractivity contribution in [2.24, 2.45) is 0 Å². The Morgan fingerprint density at radius 1 is 1.18 bits per heavy atom. The third-order valence-electron chi connectivity index (χ3n) is 3.50. The maximum atomic E-state index is 9.43. The second-order valence-corrected chi connectivity index (χ2v) is 7.12. The van der Waals surface area contributed by atoms with Gasteiger partial charge in [-0.1, -0.05) is 30.0 Å². The highest BCUT2D eigenvalue weighted by atomic mass is 32.2. The summed E-state index contributed by atoms with van der Waals surface area (Å²) in [7, 11) is 0. The van der Waals surface area contributed by atoms with Crippen LogP contribution in [0.2, 0.25) is 0 Å². The zero-order chi connectivity index (χ0) is 14.9. The lowest BCUT2D eigenvalue weighted by molar-refractivity contribution is 1.18. The van der Waals surface area contributed by atoms with Crippen LogP contribution in [-0.2, 0) is 5.75 Å². The first-order chi connectivity index (χ1) is 10.8. The number of pyridine rings is 1. The first-order valence-electron chi connectivity index (χ1n) is 6.82. The summed E-state index contributed by atoms with van der Waals surface area (Å²) in [5, 5.41) is 9.43. The average molecular weight is 321 g/mol. The number of para-hydroxylation sites is 1. The monoisotopic (exact) mass is 321 g/mol. The summed E-state index contributed by atoms with van der Waals surface area (Å²) in [6.45, 7) is 0. The molecule has 0 N–H and O–H groups in total. The SMILES string of the molecule is N#Cc1c(CSc2nc3ccccc3s2)cn2ccccc12. The Kier molecular flexibility index (Phi) is 3.34. The van der Waals surface area contributed by atoms with E-state index in [9.17, 15) is 5.26 Å². The predicted molar refractivity (Wildman–Crippen MR) is 91.3 cm³/mol. The van der Waals surface area contributed by atoms with Crippen molar-refractivity contribution in [2.45, 2.75) is 10.1 Å². The molecule has 0 fully saturated rings. The molecular formula is C17H11N3S2. The zero-order valence-corrected chi connectivity index (χ0v) is 13.2. The van der Waals surface area contributed by atoms with Crippen LogP contribution in [0.15, 0.2) is 59.2 Å². The van der Waals surface area contributed by atoms with Gasteiger partial charge in [-0.15, -0.1) is 11.3 Å². The van der Waals surface area contributed by atoms with Gasteiger partial charge in [0.15, 0.2) is 4.34 Å². The normalized spacial score (nSPS) is 11.0. The standard InChI is InChI=1S/C17H11N3S2/c18-9-13-12(10-20-8-4-3-6-15(13)20)11-21-17-19-14-5-1-2-7-16(14)22-17/h1-8,10H,11H2. The van der Waals surface area contributed by atoms with Crippen molar-refractivity contribution in [1.82, 2.24) is 9.38 Å². The first-order valence-corrected chi connectivity index (χ1v) is 8.62. The molecule has 106 valence electrons. The summed E-state index contributed by atoms with van der Waals surface area (Å²) in [6, 6.07) is 16.4. The van der Waals surface area contributed by atoms with E-state index in [0.29, 0.717) is 0 Å². The van der Waals surface area contributed by atoms with Gasteiger partial charge in [0, 0.05) is 18.1 Å². The van der Waals surface area contributed by atoms with Gasteiger partial charge in [-0.3, -0.25) is 0 Å². The third-order valence-corrected chi connectivity index (χ3v) is 5.73. The van der Waals surface area contributed by atoms with E-state index in [4.69, 9.17) is 0 Å². The largest absolute Gasteiger partial charge is 0.322 e. The maximum absolute atomic E-state index is 9.43. The lowest BCUT2D eigenvalue weighted by Crippen LogP contribution is -1.81. The lowest BCUT2D eigenvalue weighted by atomic mass is 10.2. The molecule has 3 aromatic heterocycles. The van der Waals surface area contributed by atoms with Crippen molar-refractivity contribution in [2.75, 3.05) is 0 Å². The van der Waals surface area contributed by atoms with Crippen LogP contribution in [0.4, 0.5) is 0 Å². The molecule has 0 spiro atoms. The fourth-order valence-electron chi connectivity index (χ4n) is 2.47. The zero-order valence-electron chi connectivity index (χ0n) is 11.6. The summed E-state index contributed by atoms with van der Waals surface area (Å²) in [5.74, 6) is 0.754. The summed E-state index contributed by atoms with van der Waals surface area (Å²) in [4.78, 5) is 4.63. The highest BCUT2D eigenvalue weighted by molar-refractivity contribution is 8.00. The van der Waals surface area contributed by atoms with Crippen LogP contribution in [0, 0.1) is 11.3 Å². The van der Waals surface area contributed by atoms with Crippen molar-refractivity contribution in [3.63, 3.8) is 0 Å². The lowest BCUT2D eigenvalue weighted by Gasteiger charge is -1.95. The number of hydrogen-bond donors (Lipinski definition) is 0. The van der Waals surface area contributed by atoms with E-state index >= 15 is 0 Å². The fraction of sp³-hybridized carbons (Fsp3) is 0.0588. The Labute approximate surface area is 135 Å².